The molecule has 110 valence electrons. The summed E-state index contributed by atoms with van der Waals surface area (Å²) in [4.78, 5) is 13.5. The number of carbonyl (C=O) groups is 1. The van der Waals surface area contributed by atoms with Crippen molar-refractivity contribution in [1.82, 2.24) is 15.1 Å². The Bertz CT molecular complexity index is 610. The summed E-state index contributed by atoms with van der Waals surface area (Å²) < 4.78 is 0. The number of likely N-dealkylation sites (tertiary alicyclic amines) is 1. The molecular formula is C16H19N3O2. The van der Waals surface area contributed by atoms with E-state index in [9.17, 15) is 4.79 Å². The second-order valence-corrected chi connectivity index (χ2v) is 5.52. The van der Waals surface area contributed by atoms with Crippen LogP contribution in [-0.2, 0) is 6.54 Å². The van der Waals surface area contributed by atoms with Gasteiger partial charge in [-0.25, -0.2) is 4.79 Å². The Morgan fingerprint density at radius 3 is 3.10 bits per heavy atom. The van der Waals surface area contributed by atoms with Gasteiger partial charge in [-0.15, -0.1) is 0 Å². The molecule has 1 aliphatic rings. The largest absolute Gasteiger partial charge is 0.478 e. The maximum absolute atomic E-state index is 11.1. The standard InChI is InChI=1S/C16H19N3O2/c20-16(21)13-5-3-4-12(8-13)11-19-7-2-1-6-15(19)14-9-17-18-10-14/h3-5,8-10,15H,1-2,6-7,11H2,(H,17,18)(H,20,21). The van der Waals surface area contributed by atoms with Gasteiger partial charge in [-0.2, -0.15) is 5.10 Å². The van der Waals surface area contributed by atoms with E-state index in [4.69, 9.17) is 5.11 Å². The summed E-state index contributed by atoms with van der Waals surface area (Å²) in [7, 11) is 0. The van der Waals surface area contributed by atoms with Crippen molar-refractivity contribution in [2.75, 3.05) is 6.54 Å². The van der Waals surface area contributed by atoms with Gasteiger partial charge in [-0.1, -0.05) is 18.6 Å². The van der Waals surface area contributed by atoms with Crippen molar-refractivity contribution in [1.29, 1.82) is 0 Å². The van der Waals surface area contributed by atoms with Gasteiger partial charge in [0.2, 0.25) is 0 Å². The van der Waals surface area contributed by atoms with Crippen molar-refractivity contribution in [3.8, 4) is 0 Å². The molecule has 1 atom stereocenters. The molecule has 1 unspecified atom stereocenters. The maximum atomic E-state index is 11.1. The van der Waals surface area contributed by atoms with Gasteiger partial charge >= 0.3 is 5.97 Å². The Kier molecular flexibility index (Phi) is 4.01. The molecule has 1 aliphatic heterocycles. The van der Waals surface area contributed by atoms with Crippen LogP contribution in [-0.4, -0.2) is 32.7 Å². The molecule has 1 aromatic carbocycles. The summed E-state index contributed by atoms with van der Waals surface area (Å²) in [6.07, 6.45) is 7.37. The number of aromatic carboxylic acids is 1. The highest BCUT2D eigenvalue weighted by Crippen LogP contribution is 2.31. The number of aromatic amines is 1. The SMILES string of the molecule is O=C(O)c1cccc(CN2CCCCC2c2cn[nH]c2)c1. The number of benzene rings is 1. The molecule has 5 nitrogen and oxygen atoms in total. The summed E-state index contributed by atoms with van der Waals surface area (Å²) >= 11 is 0. The average Bonchev–Trinajstić information content (AvgIpc) is 3.02. The van der Waals surface area contributed by atoms with Crippen LogP contribution in [0.1, 0.15) is 46.8 Å². The van der Waals surface area contributed by atoms with Gasteiger partial charge in [-0.3, -0.25) is 10.00 Å². The Labute approximate surface area is 123 Å². The van der Waals surface area contributed by atoms with Crippen molar-refractivity contribution in [3.05, 3.63) is 53.3 Å². The number of piperidine rings is 1. The van der Waals surface area contributed by atoms with Crippen molar-refractivity contribution in [2.45, 2.75) is 31.8 Å². The maximum Gasteiger partial charge on any atom is 0.335 e. The van der Waals surface area contributed by atoms with E-state index in [-0.39, 0.29) is 0 Å². The predicted molar refractivity (Wildman–Crippen MR) is 79.0 cm³/mol. The molecule has 2 aromatic rings. The zero-order valence-corrected chi connectivity index (χ0v) is 11.8. The number of hydrogen-bond acceptors (Lipinski definition) is 3. The molecule has 21 heavy (non-hydrogen) atoms. The Morgan fingerprint density at radius 2 is 2.33 bits per heavy atom. The second kappa shape index (κ2) is 6.10. The van der Waals surface area contributed by atoms with Crippen molar-refractivity contribution < 1.29 is 9.90 Å². The first kappa shape index (κ1) is 13.8. The molecule has 0 radical (unpaired) electrons. The van der Waals surface area contributed by atoms with Gasteiger partial charge < -0.3 is 5.11 Å². The first-order valence-electron chi connectivity index (χ1n) is 7.29. The number of nitrogens with one attached hydrogen (secondary N) is 1. The normalized spacial score (nSPS) is 19.5. The average molecular weight is 285 g/mol. The molecule has 0 aliphatic carbocycles. The van der Waals surface area contributed by atoms with Crippen LogP contribution in [0, 0.1) is 0 Å². The zero-order chi connectivity index (χ0) is 14.7. The highest BCUT2D eigenvalue weighted by atomic mass is 16.4. The van der Waals surface area contributed by atoms with E-state index in [0.717, 1.165) is 25.1 Å². The fraction of sp³-hybridized carbons (Fsp3) is 0.375. The van der Waals surface area contributed by atoms with E-state index < -0.39 is 5.97 Å². The summed E-state index contributed by atoms with van der Waals surface area (Å²) in [5, 5.41) is 16.0. The first-order chi connectivity index (χ1) is 10.2. The number of H-pyrrole nitrogens is 1. The van der Waals surface area contributed by atoms with Gasteiger partial charge in [0, 0.05) is 24.3 Å². The van der Waals surface area contributed by atoms with Crippen LogP contribution < -0.4 is 0 Å². The molecule has 1 saturated heterocycles. The lowest BCUT2D eigenvalue weighted by molar-refractivity contribution is 0.0696. The smallest absolute Gasteiger partial charge is 0.335 e. The molecule has 5 heteroatoms. The summed E-state index contributed by atoms with van der Waals surface area (Å²) in [6, 6.07) is 7.58. The zero-order valence-electron chi connectivity index (χ0n) is 11.8. The van der Waals surface area contributed by atoms with Gasteiger partial charge in [0.1, 0.15) is 0 Å². The first-order valence-corrected chi connectivity index (χ1v) is 7.29. The van der Waals surface area contributed by atoms with E-state index in [1.54, 1.807) is 12.1 Å². The highest BCUT2D eigenvalue weighted by Gasteiger charge is 2.24. The molecule has 3 rings (SSSR count). The Morgan fingerprint density at radius 1 is 1.43 bits per heavy atom. The molecule has 1 aromatic heterocycles. The molecule has 2 heterocycles. The quantitative estimate of drug-likeness (QED) is 0.906. The van der Waals surface area contributed by atoms with E-state index in [2.05, 4.69) is 15.1 Å². The third-order valence-electron chi connectivity index (χ3n) is 4.08. The van der Waals surface area contributed by atoms with Gasteiger partial charge in [0.05, 0.1) is 11.8 Å². The predicted octanol–water partition coefficient (Wildman–Crippen LogP) is 2.84. The van der Waals surface area contributed by atoms with Crippen LogP contribution in [0.4, 0.5) is 0 Å². The lowest BCUT2D eigenvalue weighted by atomic mass is 9.96. The summed E-state index contributed by atoms with van der Waals surface area (Å²) in [6.45, 7) is 1.81. The second-order valence-electron chi connectivity index (χ2n) is 5.52. The van der Waals surface area contributed by atoms with Crippen LogP contribution in [0.5, 0.6) is 0 Å². The van der Waals surface area contributed by atoms with Crippen LogP contribution in [0.15, 0.2) is 36.7 Å². The number of carboxylic acid groups (broad SMARTS) is 1. The van der Waals surface area contributed by atoms with Crippen LogP contribution in [0.2, 0.25) is 0 Å². The van der Waals surface area contributed by atoms with Crippen molar-refractivity contribution in [2.24, 2.45) is 0 Å². The fourth-order valence-corrected chi connectivity index (χ4v) is 3.04. The molecule has 2 N–H and O–H groups in total. The third kappa shape index (κ3) is 3.13. The number of aromatic nitrogens is 2. The molecular weight excluding hydrogens is 266 g/mol. The van der Waals surface area contributed by atoms with Crippen LogP contribution >= 0.6 is 0 Å². The topological polar surface area (TPSA) is 69.2 Å². The minimum absolute atomic E-state index is 0.351. The molecule has 0 bridgehead atoms. The van der Waals surface area contributed by atoms with E-state index in [0.29, 0.717) is 11.6 Å². The Hall–Kier alpha value is -2.14. The van der Waals surface area contributed by atoms with Crippen LogP contribution in [0.25, 0.3) is 0 Å². The van der Waals surface area contributed by atoms with E-state index >= 15 is 0 Å². The summed E-state index contributed by atoms with van der Waals surface area (Å²) in [5.41, 5.74) is 2.61. The lowest BCUT2D eigenvalue weighted by Crippen LogP contribution is -2.32. The highest BCUT2D eigenvalue weighted by molar-refractivity contribution is 5.87. The van der Waals surface area contributed by atoms with Crippen LogP contribution in [0.3, 0.4) is 0 Å². The number of carboxylic acids is 1. The molecule has 0 saturated carbocycles. The third-order valence-corrected chi connectivity index (χ3v) is 4.08. The van der Waals surface area contributed by atoms with Gasteiger partial charge in [-0.05, 0) is 37.1 Å². The monoisotopic (exact) mass is 285 g/mol. The van der Waals surface area contributed by atoms with Gasteiger partial charge in [0.25, 0.3) is 0 Å². The number of hydrogen-bond donors (Lipinski definition) is 2. The lowest BCUT2D eigenvalue weighted by Gasteiger charge is -2.35. The molecule has 1 fully saturated rings. The van der Waals surface area contributed by atoms with Crippen molar-refractivity contribution in [3.63, 3.8) is 0 Å². The molecule has 0 spiro atoms. The summed E-state index contributed by atoms with van der Waals surface area (Å²) in [5.74, 6) is -0.873. The van der Waals surface area contributed by atoms with Gasteiger partial charge in [0.15, 0.2) is 0 Å². The van der Waals surface area contributed by atoms with E-state index in [1.807, 2.05) is 24.5 Å². The number of rotatable bonds is 4. The number of nitrogens with zero attached hydrogens (tertiary/aromatic N) is 2. The molecule has 0 amide bonds. The minimum Gasteiger partial charge on any atom is -0.478 e. The van der Waals surface area contributed by atoms with E-state index in [1.165, 1.54) is 18.4 Å². The van der Waals surface area contributed by atoms with Crippen molar-refractivity contribution >= 4 is 5.97 Å². The fourth-order valence-electron chi connectivity index (χ4n) is 3.04. The Balaban J connectivity index is 1.78. The minimum atomic E-state index is -0.873.